The molecule has 1 aromatic rings. The van der Waals surface area contributed by atoms with Crippen molar-refractivity contribution in [3.8, 4) is 0 Å². The lowest BCUT2D eigenvalue weighted by Gasteiger charge is -2.21. The minimum atomic E-state index is -1.28. The Balaban J connectivity index is 2.21. The molecule has 1 aromatic heterocycles. The van der Waals surface area contributed by atoms with Crippen molar-refractivity contribution < 1.29 is 14.7 Å². The third kappa shape index (κ3) is 2.58. The highest BCUT2D eigenvalue weighted by Gasteiger charge is 2.32. The fourth-order valence-electron chi connectivity index (χ4n) is 1.68. The molecule has 1 saturated carbocycles. The van der Waals surface area contributed by atoms with Gasteiger partial charge in [-0.15, -0.1) is 0 Å². The lowest BCUT2D eigenvalue weighted by molar-refractivity contribution is -0.143. The number of aromatic nitrogens is 1. The molecular formula is C12H15BrN2O3. The number of hydrogen-bond donors (Lipinski definition) is 2. The average Bonchev–Trinajstić information content (AvgIpc) is 3.01. The zero-order chi connectivity index (χ0) is 13.5. The van der Waals surface area contributed by atoms with Crippen molar-refractivity contribution in [2.24, 2.45) is 0 Å². The standard InChI is InChI=1S/C12H15BrN2O3/c1-12(2,11(17)18)14-10(16)9-5-7(13)6-15(9)8-3-4-8/h5-6,8H,3-4H2,1-2H3,(H,14,16)(H,17,18). The van der Waals surface area contributed by atoms with Gasteiger partial charge in [0.15, 0.2) is 0 Å². The van der Waals surface area contributed by atoms with Gasteiger partial charge in [-0.2, -0.15) is 0 Å². The van der Waals surface area contributed by atoms with Gasteiger partial charge in [-0.05, 0) is 48.7 Å². The summed E-state index contributed by atoms with van der Waals surface area (Å²) in [5, 5.41) is 11.5. The number of carboxylic acids is 1. The summed E-state index contributed by atoms with van der Waals surface area (Å²) in [4.78, 5) is 23.1. The molecule has 0 aromatic carbocycles. The third-order valence-electron chi connectivity index (χ3n) is 2.95. The van der Waals surface area contributed by atoms with Crippen LogP contribution in [0.4, 0.5) is 0 Å². The van der Waals surface area contributed by atoms with Gasteiger partial charge >= 0.3 is 5.97 Å². The molecule has 18 heavy (non-hydrogen) atoms. The van der Waals surface area contributed by atoms with Gasteiger partial charge in [-0.3, -0.25) is 4.79 Å². The first-order valence-electron chi connectivity index (χ1n) is 5.74. The third-order valence-corrected chi connectivity index (χ3v) is 3.38. The second-order valence-electron chi connectivity index (χ2n) is 5.07. The van der Waals surface area contributed by atoms with Gasteiger partial charge in [0.25, 0.3) is 5.91 Å². The normalized spacial score (nSPS) is 15.5. The molecule has 1 aliphatic carbocycles. The minimum Gasteiger partial charge on any atom is -0.480 e. The van der Waals surface area contributed by atoms with Gasteiger partial charge in [0.1, 0.15) is 11.2 Å². The molecule has 5 nitrogen and oxygen atoms in total. The summed E-state index contributed by atoms with van der Waals surface area (Å²) in [5.41, 5.74) is -0.777. The Bertz CT molecular complexity index is 503. The second kappa shape index (κ2) is 4.42. The van der Waals surface area contributed by atoms with Crippen LogP contribution in [-0.2, 0) is 4.79 Å². The van der Waals surface area contributed by atoms with E-state index in [0.29, 0.717) is 11.7 Å². The fraction of sp³-hybridized carbons (Fsp3) is 0.500. The van der Waals surface area contributed by atoms with E-state index in [0.717, 1.165) is 17.3 Å². The maximum atomic E-state index is 12.1. The quantitative estimate of drug-likeness (QED) is 0.894. The molecule has 0 bridgehead atoms. The van der Waals surface area contributed by atoms with Gasteiger partial charge in [0, 0.05) is 16.7 Å². The molecular weight excluding hydrogens is 300 g/mol. The van der Waals surface area contributed by atoms with Crippen molar-refractivity contribution in [1.82, 2.24) is 9.88 Å². The second-order valence-corrected chi connectivity index (χ2v) is 5.98. The Hall–Kier alpha value is -1.30. The maximum absolute atomic E-state index is 12.1. The number of nitrogens with zero attached hydrogens (tertiary/aromatic N) is 1. The lowest BCUT2D eigenvalue weighted by atomic mass is 10.1. The number of nitrogens with one attached hydrogen (secondary N) is 1. The molecule has 0 atom stereocenters. The molecule has 0 spiro atoms. The van der Waals surface area contributed by atoms with Crippen LogP contribution in [0.5, 0.6) is 0 Å². The van der Waals surface area contributed by atoms with Gasteiger partial charge in [-0.1, -0.05) is 0 Å². The topological polar surface area (TPSA) is 71.3 Å². The van der Waals surface area contributed by atoms with E-state index >= 15 is 0 Å². The summed E-state index contributed by atoms with van der Waals surface area (Å²) < 4.78 is 2.73. The van der Waals surface area contributed by atoms with Crippen LogP contribution in [0.15, 0.2) is 16.7 Å². The van der Waals surface area contributed by atoms with E-state index in [-0.39, 0.29) is 5.91 Å². The van der Waals surface area contributed by atoms with E-state index in [9.17, 15) is 9.59 Å². The molecule has 0 unspecified atom stereocenters. The number of hydrogen-bond acceptors (Lipinski definition) is 2. The molecule has 0 radical (unpaired) electrons. The predicted molar refractivity (Wildman–Crippen MR) is 69.6 cm³/mol. The fourth-order valence-corrected chi connectivity index (χ4v) is 2.12. The summed E-state index contributed by atoms with van der Waals surface area (Å²) in [6.45, 7) is 2.93. The largest absolute Gasteiger partial charge is 0.480 e. The van der Waals surface area contributed by atoms with Crippen LogP contribution < -0.4 is 5.32 Å². The molecule has 6 heteroatoms. The van der Waals surface area contributed by atoms with E-state index in [1.807, 2.05) is 10.8 Å². The van der Waals surface area contributed by atoms with Crippen LogP contribution in [0, 0.1) is 0 Å². The number of rotatable bonds is 4. The molecule has 1 amide bonds. The Labute approximate surface area is 113 Å². The Morgan fingerprint density at radius 3 is 2.61 bits per heavy atom. The average molecular weight is 315 g/mol. The van der Waals surface area contributed by atoms with Gasteiger partial charge in [0.05, 0.1) is 0 Å². The van der Waals surface area contributed by atoms with E-state index in [2.05, 4.69) is 21.2 Å². The smallest absolute Gasteiger partial charge is 0.328 e. The van der Waals surface area contributed by atoms with Crippen molar-refractivity contribution in [2.75, 3.05) is 0 Å². The van der Waals surface area contributed by atoms with Crippen molar-refractivity contribution in [2.45, 2.75) is 38.3 Å². The van der Waals surface area contributed by atoms with Gasteiger partial charge in [-0.25, -0.2) is 4.79 Å². The Kier molecular flexibility index (Phi) is 3.23. The molecule has 1 aliphatic rings. The molecule has 0 saturated heterocycles. The Morgan fingerprint density at radius 2 is 2.11 bits per heavy atom. The predicted octanol–water partition coefficient (Wildman–Crippen LogP) is 2.18. The molecule has 2 rings (SSSR count). The van der Waals surface area contributed by atoms with E-state index in [4.69, 9.17) is 5.11 Å². The van der Waals surface area contributed by atoms with Crippen molar-refractivity contribution in [1.29, 1.82) is 0 Å². The number of carbonyl (C=O) groups excluding carboxylic acids is 1. The highest BCUT2D eigenvalue weighted by Crippen LogP contribution is 2.37. The SMILES string of the molecule is CC(C)(NC(=O)c1cc(Br)cn1C1CC1)C(=O)O. The van der Waals surface area contributed by atoms with Crippen LogP contribution in [0.25, 0.3) is 0 Å². The lowest BCUT2D eigenvalue weighted by Crippen LogP contribution is -2.50. The number of aliphatic carboxylic acids is 1. The van der Waals surface area contributed by atoms with Crippen molar-refractivity contribution in [3.05, 3.63) is 22.4 Å². The molecule has 0 aliphatic heterocycles. The van der Waals surface area contributed by atoms with Gasteiger partial charge in [0.2, 0.25) is 0 Å². The minimum absolute atomic E-state index is 0.361. The first-order chi connectivity index (χ1) is 8.31. The van der Waals surface area contributed by atoms with Crippen LogP contribution in [-0.4, -0.2) is 27.1 Å². The van der Waals surface area contributed by atoms with Crippen molar-refractivity contribution in [3.63, 3.8) is 0 Å². The maximum Gasteiger partial charge on any atom is 0.328 e. The first-order valence-corrected chi connectivity index (χ1v) is 6.54. The monoisotopic (exact) mass is 314 g/mol. The summed E-state index contributed by atoms with van der Waals surface area (Å²) in [5.74, 6) is -1.42. The molecule has 98 valence electrons. The van der Waals surface area contributed by atoms with E-state index in [1.54, 1.807) is 6.07 Å². The van der Waals surface area contributed by atoms with Gasteiger partial charge < -0.3 is 15.0 Å². The highest BCUT2D eigenvalue weighted by molar-refractivity contribution is 9.10. The zero-order valence-electron chi connectivity index (χ0n) is 10.2. The molecule has 2 N–H and O–H groups in total. The van der Waals surface area contributed by atoms with E-state index in [1.165, 1.54) is 13.8 Å². The van der Waals surface area contributed by atoms with Crippen LogP contribution >= 0.6 is 15.9 Å². The summed E-state index contributed by atoms with van der Waals surface area (Å²) in [6, 6.07) is 2.08. The number of amides is 1. The van der Waals surface area contributed by atoms with Crippen LogP contribution in [0.1, 0.15) is 43.2 Å². The highest BCUT2D eigenvalue weighted by atomic mass is 79.9. The number of carbonyl (C=O) groups is 2. The zero-order valence-corrected chi connectivity index (χ0v) is 11.8. The van der Waals surface area contributed by atoms with Crippen LogP contribution in [0.3, 0.4) is 0 Å². The van der Waals surface area contributed by atoms with E-state index < -0.39 is 11.5 Å². The summed E-state index contributed by atoms with van der Waals surface area (Å²) in [7, 11) is 0. The van der Waals surface area contributed by atoms with Crippen LogP contribution in [0.2, 0.25) is 0 Å². The summed E-state index contributed by atoms with van der Waals surface area (Å²) >= 11 is 3.34. The number of halogens is 1. The Morgan fingerprint density at radius 1 is 1.50 bits per heavy atom. The first kappa shape index (κ1) is 13.1. The molecule has 1 heterocycles. The number of carboxylic acid groups (broad SMARTS) is 1. The van der Waals surface area contributed by atoms with Crippen molar-refractivity contribution >= 4 is 27.8 Å². The molecule has 1 fully saturated rings. The summed E-state index contributed by atoms with van der Waals surface area (Å²) in [6.07, 6.45) is 3.98.